The van der Waals surface area contributed by atoms with Crippen LogP contribution in [0.3, 0.4) is 0 Å². The number of aryl methyl sites for hydroxylation is 1. The van der Waals surface area contributed by atoms with Gasteiger partial charge in [0.2, 0.25) is 21.8 Å². The van der Waals surface area contributed by atoms with Crippen molar-refractivity contribution in [2.45, 2.75) is 58.2 Å². The highest BCUT2D eigenvalue weighted by Crippen LogP contribution is 2.27. The van der Waals surface area contributed by atoms with Gasteiger partial charge in [0.25, 0.3) is 0 Å². The number of benzene rings is 2. The van der Waals surface area contributed by atoms with E-state index in [4.69, 9.17) is 23.2 Å². The molecular formula is C25H31Cl2N3O4S. The SMILES string of the molecule is Cc1ccc(Cl)cc1N(CC(=O)N(Cc1ccccc1Cl)[C@@H](C)C(=O)NC1CCCC1)S(C)(=O)=O. The molecule has 1 atom stereocenters. The number of carbonyl (C=O) groups is 2. The number of carbonyl (C=O) groups excluding carboxylic acids is 2. The van der Waals surface area contributed by atoms with Gasteiger partial charge in [-0.1, -0.05) is 60.3 Å². The predicted octanol–water partition coefficient (Wildman–Crippen LogP) is 4.54. The highest BCUT2D eigenvalue weighted by molar-refractivity contribution is 7.92. The molecule has 0 radical (unpaired) electrons. The largest absolute Gasteiger partial charge is 0.352 e. The van der Waals surface area contributed by atoms with E-state index in [1.54, 1.807) is 50.2 Å². The summed E-state index contributed by atoms with van der Waals surface area (Å²) in [6, 6.07) is 11.2. The van der Waals surface area contributed by atoms with Gasteiger partial charge in [-0.2, -0.15) is 0 Å². The van der Waals surface area contributed by atoms with Crippen molar-refractivity contribution >= 4 is 50.7 Å². The van der Waals surface area contributed by atoms with Crippen LogP contribution in [0.4, 0.5) is 5.69 Å². The van der Waals surface area contributed by atoms with Crippen molar-refractivity contribution in [2.75, 3.05) is 17.1 Å². The second kappa shape index (κ2) is 11.6. The predicted molar refractivity (Wildman–Crippen MR) is 140 cm³/mol. The molecule has 0 aromatic heterocycles. The Morgan fingerprint density at radius 2 is 1.77 bits per heavy atom. The number of amides is 2. The second-order valence-corrected chi connectivity index (χ2v) is 11.7. The monoisotopic (exact) mass is 539 g/mol. The standard InChI is InChI=1S/C25H31Cl2N3O4S/c1-17-12-13-20(26)14-23(17)30(35(3,33)34)16-24(31)29(15-19-8-4-7-11-22(19)27)18(2)25(32)28-21-9-5-6-10-21/h4,7-8,11-14,18,21H,5-6,9-10,15-16H2,1-3H3,(H,28,32)/t18-/m0/s1. The lowest BCUT2D eigenvalue weighted by Crippen LogP contribution is -2.52. The van der Waals surface area contributed by atoms with Gasteiger partial charge in [0.15, 0.2) is 0 Å². The molecule has 1 aliphatic carbocycles. The third-order valence-electron chi connectivity index (χ3n) is 6.29. The molecule has 1 aliphatic rings. The molecule has 1 saturated carbocycles. The minimum absolute atomic E-state index is 0.0594. The number of anilines is 1. The maximum absolute atomic E-state index is 13.6. The van der Waals surface area contributed by atoms with Gasteiger partial charge in [-0.3, -0.25) is 13.9 Å². The highest BCUT2D eigenvalue weighted by atomic mass is 35.5. The van der Waals surface area contributed by atoms with Gasteiger partial charge in [-0.25, -0.2) is 8.42 Å². The number of rotatable bonds is 9. The molecule has 1 N–H and O–H groups in total. The zero-order chi connectivity index (χ0) is 25.8. The van der Waals surface area contributed by atoms with Crippen LogP contribution >= 0.6 is 23.2 Å². The molecule has 3 rings (SSSR count). The highest BCUT2D eigenvalue weighted by Gasteiger charge is 2.32. The number of nitrogens with zero attached hydrogens (tertiary/aromatic N) is 2. The van der Waals surface area contributed by atoms with Crippen LogP contribution in [0.5, 0.6) is 0 Å². The summed E-state index contributed by atoms with van der Waals surface area (Å²) >= 11 is 12.5. The first-order chi connectivity index (χ1) is 16.5. The van der Waals surface area contributed by atoms with Crippen molar-refractivity contribution in [1.82, 2.24) is 10.2 Å². The first-order valence-corrected chi connectivity index (χ1v) is 14.1. The van der Waals surface area contributed by atoms with Crippen molar-refractivity contribution in [3.63, 3.8) is 0 Å². The smallest absolute Gasteiger partial charge is 0.244 e. The molecule has 10 heteroatoms. The lowest BCUT2D eigenvalue weighted by atomic mass is 10.1. The van der Waals surface area contributed by atoms with E-state index in [1.165, 1.54) is 11.0 Å². The summed E-state index contributed by atoms with van der Waals surface area (Å²) in [7, 11) is -3.83. The molecule has 190 valence electrons. The Bertz CT molecular complexity index is 1180. The third-order valence-corrected chi connectivity index (χ3v) is 8.02. The van der Waals surface area contributed by atoms with Crippen LogP contribution in [0.1, 0.15) is 43.7 Å². The van der Waals surface area contributed by atoms with Crippen LogP contribution in [-0.4, -0.2) is 50.0 Å². The van der Waals surface area contributed by atoms with E-state index in [-0.39, 0.29) is 18.5 Å². The Kier molecular flexibility index (Phi) is 9.07. The lowest BCUT2D eigenvalue weighted by Gasteiger charge is -2.32. The number of halogens is 2. The van der Waals surface area contributed by atoms with E-state index >= 15 is 0 Å². The maximum Gasteiger partial charge on any atom is 0.244 e. The number of hydrogen-bond acceptors (Lipinski definition) is 4. The van der Waals surface area contributed by atoms with E-state index in [9.17, 15) is 18.0 Å². The van der Waals surface area contributed by atoms with E-state index in [2.05, 4.69) is 5.32 Å². The molecule has 0 bridgehead atoms. The molecular weight excluding hydrogens is 509 g/mol. The van der Waals surface area contributed by atoms with Crippen LogP contribution in [-0.2, 0) is 26.2 Å². The number of hydrogen-bond donors (Lipinski definition) is 1. The minimum Gasteiger partial charge on any atom is -0.352 e. The Hall–Kier alpha value is -2.29. The fourth-order valence-electron chi connectivity index (χ4n) is 4.23. The zero-order valence-corrected chi connectivity index (χ0v) is 22.5. The van der Waals surface area contributed by atoms with Gasteiger partial charge >= 0.3 is 0 Å². The first kappa shape index (κ1) is 27.3. The normalized spacial score (nSPS) is 15.0. The molecule has 0 aliphatic heterocycles. The van der Waals surface area contributed by atoms with Crippen LogP contribution in [0.15, 0.2) is 42.5 Å². The Balaban J connectivity index is 1.92. The summed E-state index contributed by atoms with van der Waals surface area (Å²) < 4.78 is 26.4. The van der Waals surface area contributed by atoms with E-state index in [0.717, 1.165) is 36.2 Å². The summed E-state index contributed by atoms with van der Waals surface area (Å²) in [6.07, 6.45) is 4.97. The van der Waals surface area contributed by atoms with Gasteiger partial charge in [-0.15, -0.1) is 0 Å². The minimum atomic E-state index is -3.83. The molecule has 0 heterocycles. The summed E-state index contributed by atoms with van der Waals surface area (Å²) in [5, 5.41) is 3.84. The van der Waals surface area contributed by atoms with Crippen molar-refractivity contribution < 1.29 is 18.0 Å². The van der Waals surface area contributed by atoms with Crippen LogP contribution < -0.4 is 9.62 Å². The quantitative estimate of drug-likeness (QED) is 0.506. The average molecular weight is 541 g/mol. The Labute approximate surface area is 217 Å². The molecule has 2 amide bonds. The summed E-state index contributed by atoms with van der Waals surface area (Å²) in [5.74, 6) is -0.800. The molecule has 2 aromatic carbocycles. The van der Waals surface area contributed by atoms with Gasteiger partial charge < -0.3 is 10.2 Å². The van der Waals surface area contributed by atoms with Gasteiger partial charge in [0.1, 0.15) is 12.6 Å². The Morgan fingerprint density at radius 3 is 2.40 bits per heavy atom. The second-order valence-electron chi connectivity index (χ2n) is 8.98. The molecule has 0 saturated heterocycles. The third kappa shape index (κ3) is 7.12. The van der Waals surface area contributed by atoms with Crippen LogP contribution in [0, 0.1) is 6.92 Å². The molecule has 0 spiro atoms. The molecule has 1 fully saturated rings. The first-order valence-electron chi connectivity index (χ1n) is 11.5. The Morgan fingerprint density at radius 1 is 1.11 bits per heavy atom. The molecule has 35 heavy (non-hydrogen) atoms. The van der Waals surface area contributed by atoms with Gasteiger partial charge in [-0.05, 0) is 56.0 Å². The van der Waals surface area contributed by atoms with Gasteiger partial charge in [0, 0.05) is 22.6 Å². The molecule has 2 aromatic rings. The number of nitrogens with one attached hydrogen (secondary N) is 1. The summed E-state index contributed by atoms with van der Waals surface area (Å²) in [6.45, 7) is 2.97. The van der Waals surface area contributed by atoms with E-state index in [1.807, 2.05) is 0 Å². The summed E-state index contributed by atoms with van der Waals surface area (Å²) in [5.41, 5.74) is 1.62. The zero-order valence-electron chi connectivity index (χ0n) is 20.1. The van der Waals surface area contributed by atoms with Crippen molar-refractivity contribution in [1.29, 1.82) is 0 Å². The molecule has 0 unspecified atom stereocenters. The average Bonchev–Trinajstić information content (AvgIpc) is 3.30. The summed E-state index contributed by atoms with van der Waals surface area (Å²) in [4.78, 5) is 28.1. The van der Waals surface area contributed by atoms with Crippen molar-refractivity contribution in [2.24, 2.45) is 0 Å². The van der Waals surface area contributed by atoms with Crippen LogP contribution in [0.25, 0.3) is 0 Å². The lowest BCUT2D eigenvalue weighted by molar-refractivity contribution is -0.139. The fraction of sp³-hybridized carbons (Fsp3) is 0.440. The van der Waals surface area contributed by atoms with Gasteiger partial charge in [0.05, 0.1) is 11.9 Å². The van der Waals surface area contributed by atoms with Crippen molar-refractivity contribution in [3.05, 3.63) is 63.6 Å². The van der Waals surface area contributed by atoms with E-state index < -0.39 is 28.5 Å². The maximum atomic E-state index is 13.6. The topological polar surface area (TPSA) is 86.8 Å². The number of sulfonamides is 1. The van der Waals surface area contributed by atoms with E-state index in [0.29, 0.717) is 26.9 Å². The molecule has 7 nitrogen and oxygen atoms in total. The van der Waals surface area contributed by atoms with Crippen molar-refractivity contribution in [3.8, 4) is 0 Å². The van der Waals surface area contributed by atoms with Crippen LogP contribution in [0.2, 0.25) is 10.0 Å². The fourth-order valence-corrected chi connectivity index (χ4v) is 5.49.